The molecule has 2 unspecified atom stereocenters. The van der Waals surface area contributed by atoms with Crippen LogP contribution in [0.2, 0.25) is 0 Å². The van der Waals surface area contributed by atoms with Crippen LogP contribution in [0.5, 0.6) is 0 Å². The van der Waals surface area contributed by atoms with E-state index in [2.05, 4.69) is 67.8 Å². The minimum atomic E-state index is -0.677. The molecule has 0 aliphatic carbocycles. The molecule has 1 amide bonds. The zero-order valence-corrected chi connectivity index (χ0v) is 45.3. The molecule has 0 bridgehead atoms. The summed E-state index contributed by atoms with van der Waals surface area (Å²) < 4.78 is 5.45. The predicted octanol–water partition coefficient (Wildman–Crippen LogP) is 18.6. The number of ether oxygens (including phenoxy) is 1. The van der Waals surface area contributed by atoms with Gasteiger partial charge in [-0.15, -0.1) is 0 Å². The fraction of sp³-hybridized carbons (Fsp3) is 0.839. The maximum absolute atomic E-state index is 12.5. The number of rotatable bonds is 55. The minimum Gasteiger partial charge on any atom is -0.466 e. The van der Waals surface area contributed by atoms with E-state index in [0.29, 0.717) is 25.9 Å². The molecule has 0 aromatic heterocycles. The molecular weight excluding hydrogens is 839 g/mol. The van der Waals surface area contributed by atoms with E-state index in [9.17, 15) is 19.8 Å². The number of aliphatic hydroxyl groups excluding tert-OH is 2. The van der Waals surface area contributed by atoms with Crippen molar-refractivity contribution in [2.24, 2.45) is 0 Å². The van der Waals surface area contributed by atoms with Crippen LogP contribution in [0.3, 0.4) is 0 Å². The van der Waals surface area contributed by atoms with Gasteiger partial charge >= 0.3 is 5.97 Å². The molecule has 0 saturated carbocycles. The lowest BCUT2D eigenvalue weighted by Crippen LogP contribution is -2.45. The molecule has 0 aliphatic heterocycles. The van der Waals surface area contributed by atoms with E-state index in [-0.39, 0.29) is 18.5 Å². The van der Waals surface area contributed by atoms with Gasteiger partial charge in [-0.3, -0.25) is 9.59 Å². The Kier molecular flexibility index (Phi) is 55.6. The van der Waals surface area contributed by atoms with E-state index in [4.69, 9.17) is 4.74 Å². The van der Waals surface area contributed by atoms with Crippen molar-refractivity contribution < 1.29 is 24.5 Å². The van der Waals surface area contributed by atoms with Gasteiger partial charge in [0.1, 0.15) is 0 Å². The van der Waals surface area contributed by atoms with E-state index in [1.165, 1.54) is 180 Å². The van der Waals surface area contributed by atoms with Crippen LogP contribution >= 0.6 is 0 Å². The van der Waals surface area contributed by atoms with Crippen LogP contribution in [-0.4, -0.2) is 47.4 Å². The highest BCUT2D eigenvalue weighted by Crippen LogP contribution is 2.17. The second kappa shape index (κ2) is 57.4. The molecule has 0 radical (unpaired) electrons. The van der Waals surface area contributed by atoms with Crippen LogP contribution in [0.15, 0.2) is 48.6 Å². The highest BCUT2D eigenvalue weighted by molar-refractivity contribution is 5.76. The summed E-state index contributed by atoms with van der Waals surface area (Å²) >= 11 is 0. The van der Waals surface area contributed by atoms with Gasteiger partial charge in [0, 0.05) is 12.8 Å². The first-order valence-corrected chi connectivity index (χ1v) is 29.9. The number of allylic oxidation sites excluding steroid dienone is 8. The maximum atomic E-state index is 12.5. The number of amides is 1. The fourth-order valence-electron chi connectivity index (χ4n) is 8.99. The Hall–Kier alpha value is -2.18. The molecule has 68 heavy (non-hydrogen) atoms. The molecule has 6 nitrogen and oxygen atoms in total. The zero-order valence-electron chi connectivity index (χ0n) is 45.3. The SMILES string of the molecule is CCCCC/C=C\C/C=C\CCCCCCCC(=O)OCCCCC/C=C\C/C=C\CCCCCCCCCC(=O)NC(CO)C(O)CCCCCCCCCCCCCCCCCCCCC. The van der Waals surface area contributed by atoms with E-state index in [0.717, 1.165) is 96.3 Å². The van der Waals surface area contributed by atoms with Crippen LogP contribution in [0.4, 0.5) is 0 Å². The zero-order chi connectivity index (χ0) is 49.3. The Labute approximate surface area is 423 Å². The summed E-state index contributed by atoms with van der Waals surface area (Å²) in [6.07, 6.45) is 72.5. The summed E-state index contributed by atoms with van der Waals surface area (Å²) in [4.78, 5) is 24.5. The van der Waals surface area contributed by atoms with Gasteiger partial charge in [0.05, 0.1) is 25.4 Å². The monoisotopic (exact) mass is 954 g/mol. The van der Waals surface area contributed by atoms with Gasteiger partial charge in [-0.1, -0.05) is 249 Å². The Bertz CT molecular complexity index is 1150. The standard InChI is InChI=1S/C62H115NO5/c1-3-5-7-9-11-13-15-17-19-20-21-23-27-30-34-38-42-46-50-54-60(65)59(58-64)63-61(66)55-51-47-43-39-35-31-28-24-22-25-29-33-37-41-45-49-53-57-68-62(67)56-52-48-44-40-36-32-26-18-16-14-12-10-8-6-4-2/h12,14,18,22,25-26,33,37,59-60,64-65H,3-11,13,15-17,19-21,23-24,27-32,34-36,38-58H2,1-2H3,(H,63,66)/b14-12-,25-22-,26-18-,37-33-. The first-order chi connectivity index (χ1) is 33.5. The Morgan fingerprint density at radius 2 is 0.735 bits per heavy atom. The summed E-state index contributed by atoms with van der Waals surface area (Å²) in [5.41, 5.74) is 0. The molecule has 0 spiro atoms. The number of carbonyl (C=O) groups is 2. The largest absolute Gasteiger partial charge is 0.466 e. The van der Waals surface area contributed by atoms with Crippen molar-refractivity contribution in [3.63, 3.8) is 0 Å². The minimum absolute atomic E-state index is 0.0296. The molecule has 0 rings (SSSR count). The first-order valence-electron chi connectivity index (χ1n) is 29.9. The third kappa shape index (κ3) is 53.2. The number of hydrogen-bond acceptors (Lipinski definition) is 5. The Morgan fingerprint density at radius 3 is 1.15 bits per heavy atom. The topological polar surface area (TPSA) is 95.9 Å². The predicted molar refractivity (Wildman–Crippen MR) is 296 cm³/mol. The van der Waals surface area contributed by atoms with Crippen molar-refractivity contribution in [2.75, 3.05) is 13.2 Å². The molecule has 398 valence electrons. The Balaban J connectivity index is 3.51. The van der Waals surface area contributed by atoms with Crippen molar-refractivity contribution in [1.29, 1.82) is 0 Å². The smallest absolute Gasteiger partial charge is 0.305 e. The lowest BCUT2D eigenvalue weighted by molar-refractivity contribution is -0.143. The molecule has 0 heterocycles. The van der Waals surface area contributed by atoms with E-state index < -0.39 is 12.1 Å². The molecule has 2 atom stereocenters. The van der Waals surface area contributed by atoms with Gasteiger partial charge in [-0.05, 0) is 96.3 Å². The quantitative estimate of drug-likeness (QED) is 0.0321. The second-order valence-electron chi connectivity index (χ2n) is 20.3. The van der Waals surface area contributed by atoms with E-state index >= 15 is 0 Å². The molecular formula is C62H115NO5. The van der Waals surface area contributed by atoms with Crippen molar-refractivity contribution in [3.8, 4) is 0 Å². The number of unbranched alkanes of at least 4 members (excludes halogenated alkanes) is 36. The second-order valence-corrected chi connectivity index (χ2v) is 20.3. The molecule has 0 saturated heterocycles. The summed E-state index contributed by atoms with van der Waals surface area (Å²) in [6.45, 7) is 4.88. The molecule has 0 fully saturated rings. The number of esters is 1. The molecule has 3 N–H and O–H groups in total. The van der Waals surface area contributed by atoms with Crippen molar-refractivity contribution >= 4 is 11.9 Å². The van der Waals surface area contributed by atoms with Gasteiger partial charge in [0.25, 0.3) is 0 Å². The highest BCUT2D eigenvalue weighted by Gasteiger charge is 2.20. The normalized spacial score (nSPS) is 12.9. The molecule has 0 aromatic rings. The van der Waals surface area contributed by atoms with Crippen LogP contribution in [-0.2, 0) is 14.3 Å². The summed E-state index contributed by atoms with van der Waals surface area (Å²) in [6, 6.07) is -0.556. The Morgan fingerprint density at radius 1 is 0.412 bits per heavy atom. The summed E-state index contributed by atoms with van der Waals surface area (Å²) in [7, 11) is 0. The molecule has 0 aliphatic rings. The summed E-state index contributed by atoms with van der Waals surface area (Å²) in [5.74, 6) is -0.0798. The van der Waals surface area contributed by atoms with Gasteiger partial charge in [0.15, 0.2) is 0 Å². The lowest BCUT2D eigenvalue weighted by atomic mass is 10.0. The van der Waals surface area contributed by atoms with Gasteiger partial charge < -0.3 is 20.3 Å². The van der Waals surface area contributed by atoms with Crippen molar-refractivity contribution in [2.45, 2.75) is 321 Å². The van der Waals surface area contributed by atoms with Crippen molar-refractivity contribution in [3.05, 3.63) is 48.6 Å². The van der Waals surface area contributed by atoms with E-state index in [1.54, 1.807) is 0 Å². The lowest BCUT2D eigenvalue weighted by Gasteiger charge is -2.22. The van der Waals surface area contributed by atoms with Crippen molar-refractivity contribution in [1.82, 2.24) is 5.32 Å². The fourth-order valence-corrected chi connectivity index (χ4v) is 8.99. The number of aliphatic hydroxyl groups is 2. The van der Waals surface area contributed by atoms with Crippen LogP contribution in [0.1, 0.15) is 309 Å². The number of carbonyl (C=O) groups excluding carboxylic acids is 2. The maximum Gasteiger partial charge on any atom is 0.305 e. The third-order valence-electron chi connectivity index (χ3n) is 13.6. The van der Waals surface area contributed by atoms with E-state index in [1.807, 2.05) is 0 Å². The number of nitrogens with one attached hydrogen (secondary N) is 1. The van der Waals surface area contributed by atoms with Gasteiger partial charge in [-0.2, -0.15) is 0 Å². The molecule has 6 heteroatoms. The van der Waals surface area contributed by atoms with Gasteiger partial charge in [0.2, 0.25) is 5.91 Å². The highest BCUT2D eigenvalue weighted by atomic mass is 16.5. The summed E-state index contributed by atoms with van der Waals surface area (Å²) in [5, 5.41) is 23.3. The number of hydrogen-bond donors (Lipinski definition) is 3. The van der Waals surface area contributed by atoms with Crippen LogP contribution in [0, 0.1) is 0 Å². The van der Waals surface area contributed by atoms with Gasteiger partial charge in [-0.25, -0.2) is 0 Å². The van der Waals surface area contributed by atoms with Crippen LogP contribution < -0.4 is 5.32 Å². The molecule has 0 aromatic carbocycles. The van der Waals surface area contributed by atoms with Crippen LogP contribution in [0.25, 0.3) is 0 Å². The first kappa shape index (κ1) is 65.8. The average molecular weight is 955 g/mol. The average Bonchev–Trinajstić information content (AvgIpc) is 3.34. The third-order valence-corrected chi connectivity index (χ3v) is 13.6.